The van der Waals surface area contributed by atoms with Crippen LogP contribution in [0.5, 0.6) is 0 Å². The van der Waals surface area contributed by atoms with Gasteiger partial charge >= 0.3 is 0 Å². The minimum absolute atomic E-state index is 0.299. The van der Waals surface area contributed by atoms with Crippen LogP contribution >= 0.6 is 0 Å². The first-order valence-corrected chi connectivity index (χ1v) is 6.91. The fourth-order valence-electron chi connectivity index (χ4n) is 2.94. The Morgan fingerprint density at radius 1 is 1.25 bits per heavy atom. The Morgan fingerprint density at radius 2 is 1.94 bits per heavy atom. The maximum Gasteiger partial charge on any atom is 0.0445 e. The van der Waals surface area contributed by atoms with Gasteiger partial charge in [-0.15, -0.1) is 0 Å². The molecule has 2 N–H and O–H groups in total. The first kappa shape index (κ1) is 14.0. The Hall–Kier alpha value is -0.0800. The molecular weight excluding hydrogens is 198 g/mol. The zero-order chi connectivity index (χ0) is 12.1. The van der Waals surface area contributed by atoms with Crippen molar-refractivity contribution in [3.63, 3.8) is 0 Å². The van der Waals surface area contributed by atoms with Gasteiger partial charge in [-0.05, 0) is 43.4 Å². The molecule has 0 saturated heterocycles. The third-order valence-electron chi connectivity index (χ3n) is 4.10. The van der Waals surface area contributed by atoms with E-state index < -0.39 is 0 Å². The molecule has 0 aromatic carbocycles. The molecule has 96 valence electrons. The molecule has 0 aromatic heterocycles. The van der Waals surface area contributed by atoms with E-state index in [0.29, 0.717) is 24.6 Å². The number of rotatable bonds is 5. The highest BCUT2D eigenvalue weighted by Gasteiger charge is 2.27. The summed E-state index contributed by atoms with van der Waals surface area (Å²) in [4.78, 5) is 0. The second kappa shape index (κ2) is 6.61. The normalized spacial score (nSPS) is 33.0. The molecule has 1 aliphatic carbocycles. The highest BCUT2D eigenvalue weighted by molar-refractivity contribution is 4.84. The first-order chi connectivity index (χ1) is 7.54. The molecule has 16 heavy (non-hydrogen) atoms. The number of hydrogen-bond acceptors (Lipinski definition) is 2. The fourth-order valence-corrected chi connectivity index (χ4v) is 2.94. The molecule has 4 unspecified atom stereocenters. The second-order valence-corrected chi connectivity index (χ2v) is 6.03. The van der Waals surface area contributed by atoms with Crippen LogP contribution in [0.25, 0.3) is 0 Å². The van der Waals surface area contributed by atoms with Crippen molar-refractivity contribution in [1.29, 1.82) is 0 Å². The SMILES string of the molecule is CC1CCC(NC(CCO)C(C)C)C(C)C1. The summed E-state index contributed by atoms with van der Waals surface area (Å²) in [5.41, 5.74) is 0. The van der Waals surface area contributed by atoms with Crippen molar-refractivity contribution in [3.8, 4) is 0 Å². The predicted octanol–water partition coefficient (Wildman–Crippen LogP) is 2.81. The van der Waals surface area contributed by atoms with Crippen molar-refractivity contribution in [1.82, 2.24) is 5.32 Å². The van der Waals surface area contributed by atoms with Crippen LogP contribution < -0.4 is 5.32 Å². The molecule has 0 aromatic rings. The van der Waals surface area contributed by atoms with Gasteiger partial charge in [0.15, 0.2) is 0 Å². The number of nitrogens with one attached hydrogen (secondary N) is 1. The Morgan fingerprint density at radius 3 is 2.44 bits per heavy atom. The molecule has 1 rings (SSSR count). The van der Waals surface area contributed by atoms with E-state index >= 15 is 0 Å². The third-order valence-corrected chi connectivity index (χ3v) is 4.10. The van der Waals surface area contributed by atoms with Gasteiger partial charge in [0.2, 0.25) is 0 Å². The summed E-state index contributed by atoms with van der Waals surface area (Å²) in [6.07, 6.45) is 4.89. The van der Waals surface area contributed by atoms with Gasteiger partial charge in [-0.3, -0.25) is 0 Å². The lowest BCUT2D eigenvalue weighted by atomic mass is 9.79. The Balaban J connectivity index is 2.44. The van der Waals surface area contributed by atoms with Crippen molar-refractivity contribution >= 4 is 0 Å². The van der Waals surface area contributed by atoms with Crippen LogP contribution in [-0.4, -0.2) is 23.8 Å². The molecule has 1 fully saturated rings. The molecular formula is C14H29NO. The van der Waals surface area contributed by atoms with Crippen LogP contribution in [0.4, 0.5) is 0 Å². The highest BCUT2D eigenvalue weighted by Crippen LogP contribution is 2.29. The van der Waals surface area contributed by atoms with Crippen molar-refractivity contribution in [2.75, 3.05) is 6.61 Å². The van der Waals surface area contributed by atoms with Crippen molar-refractivity contribution < 1.29 is 5.11 Å². The lowest BCUT2D eigenvalue weighted by molar-refractivity contribution is 0.178. The third kappa shape index (κ3) is 4.06. The van der Waals surface area contributed by atoms with Crippen molar-refractivity contribution in [3.05, 3.63) is 0 Å². The molecule has 1 aliphatic rings. The lowest BCUT2D eigenvalue weighted by Crippen LogP contribution is -2.47. The van der Waals surface area contributed by atoms with Gasteiger partial charge in [-0.1, -0.05) is 27.7 Å². The van der Waals surface area contributed by atoms with Crippen LogP contribution in [-0.2, 0) is 0 Å². The van der Waals surface area contributed by atoms with Gasteiger partial charge in [0.1, 0.15) is 0 Å². The van der Waals surface area contributed by atoms with E-state index in [-0.39, 0.29) is 0 Å². The minimum Gasteiger partial charge on any atom is -0.396 e. The van der Waals surface area contributed by atoms with Crippen LogP contribution in [0.15, 0.2) is 0 Å². The molecule has 1 saturated carbocycles. The van der Waals surface area contributed by atoms with Crippen LogP contribution in [0.1, 0.15) is 53.4 Å². The molecule has 2 nitrogen and oxygen atoms in total. The summed E-state index contributed by atoms with van der Waals surface area (Å²) in [5.74, 6) is 2.28. The average molecular weight is 227 g/mol. The summed E-state index contributed by atoms with van der Waals surface area (Å²) in [6, 6.07) is 1.14. The first-order valence-electron chi connectivity index (χ1n) is 6.91. The van der Waals surface area contributed by atoms with Crippen molar-refractivity contribution in [2.24, 2.45) is 17.8 Å². The van der Waals surface area contributed by atoms with Crippen LogP contribution in [0, 0.1) is 17.8 Å². The second-order valence-electron chi connectivity index (χ2n) is 6.03. The zero-order valence-electron chi connectivity index (χ0n) is 11.4. The minimum atomic E-state index is 0.299. The maximum absolute atomic E-state index is 9.08. The van der Waals surface area contributed by atoms with Gasteiger partial charge < -0.3 is 10.4 Å². The van der Waals surface area contributed by atoms with Gasteiger partial charge in [0, 0.05) is 18.7 Å². The standard InChI is InChI=1S/C14H29NO/c1-10(2)13(7-8-16)15-14-6-5-11(3)9-12(14)4/h10-16H,5-9H2,1-4H3. The van der Waals surface area contributed by atoms with E-state index in [2.05, 4.69) is 33.0 Å². The van der Waals surface area contributed by atoms with E-state index in [1.165, 1.54) is 19.3 Å². The fraction of sp³-hybridized carbons (Fsp3) is 1.00. The number of aliphatic hydroxyl groups excluding tert-OH is 1. The summed E-state index contributed by atoms with van der Waals surface area (Å²) >= 11 is 0. The monoisotopic (exact) mass is 227 g/mol. The molecule has 0 heterocycles. The van der Waals surface area contributed by atoms with Crippen LogP contribution in [0.2, 0.25) is 0 Å². The van der Waals surface area contributed by atoms with Gasteiger partial charge in [-0.2, -0.15) is 0 Å². The summed E-state index contributed by atoms with van der Waals surface area (Å²) < 4.78 is 0. The lowest BCUT2D eigenvalue weighted by Gasteiger charge is -2.37. The summed E-state index contributed by atoms with van der Waals surface area (Å²) in [7, 11) is 0. The highest BCUT2D eigenvalue weighted by atomic mass is 16.3. The topological polar surface area (TPSA) is 32.3 Å². The van der Waals surface area contributed by atoms with E-state index in [0.717, 1.165) is 18.3 Å². The quantitative estimate of drug-likeness (QED) is 0.757. The van der Waals surface area contributed by atoms with E-state index in [1.807, 2.05) is 0 Å². The Bertz CT molecular complexity index is 193. The predicted molar refractivity (Wildman–Crippen MR) is 69.4 cm³/mol. The van der Waals surface area contributed by atoms with E-state index in [1.54, 1.807) is 0 Å². The van der Waals surface area contributed by atoms with Gasteiger partial charge in [0.05, 0.1) is 0 Å². The van der Waals surface area contributed by atoms with Gasteiger partial charge in [-0.25, -0.2) is 0 Å². The molecule has 0 spiro atoms. The largest absolute Gasteiger partial charge is 0.396 e. The van der Waals surface area contributed by atoms with Crippen molar-refractivity contribution in [2.45, 2.75) is 65.5 Å². The number of aliphatic hydroxyl groups is 1. The molecule has 0 radical (unpaired) electrons. The number of hydrogen-bond donors (Lipinski definition) is 2. The summed E-state index contributed by atoms with van der Waals surface area (Å²) in [5, 5.41) is 12.8. The van der Waals surface area contributed by atoms with Crippen LogP contribution in [0.3, 0.4) is 0 Å². The zero-order valence-corrected chi connectivity index (χ0v) is 11.4. The molecule has 4 atom stereocenters. The summed E-state index contributed by atoms with van der Waals surface area (Å²) in [6.45, 7) is 9.50. The molecule has 0 bridgehead atoms. The Kier molecular flexibility index (Phi) is 5.77. The maximum atomic E-state index is 9.08. The molecule has 0 aliphatic heterocycles. The van der Waals surface area contributed by atoms with E-state index in [4.69, 9.17) is 5.11 Å². The Labute approximate surface area is 101 Å². The average Bonchev–Trinajstić information content (AvgIpc) is 2.20. The van der Waals surface area contributed by atoms with Gasteiger partial charge in [0.25, 0.3) is 0 Å². The smallest absolute Gasteiger partial charge is 0.0445 e. The van der Waals surface area contributed by atoms with E-state index in [9.17, 15) is 0 Å². The molecule has 0 amide bonds. The molecule has 2 heteroatoms.